The van der Waals surface area contributed by atoms with Gasteiger partial charge in [-0.3, -0.25) is 4.79 Å². The highest BCUT2D eigenvalue weighted by Crippen LogP contribution is 2.39. The number of carboxylic acid groups (broad SMARTS) is 1. The number of halogens is 1. The number of fused-ring (bicyclic) bond motifs is 1. The quantitative estimate of drug-likeness (QED) is 0.523. The molecular weight excluding hydrogens is 413 g/mol. The highest BCUT2D eigenvalue weighted by Gasteiger charge is 2.35. The van der Waals surface area contributed by atoms with Crippen molar-refractivity contribution in [2.75, 3.05) is 30.3 Å². The maximum absolute atomic E-state index is 15.2. The van der Waals surface area contributed by atoms with Crippen LogP contribution in [0.2, 0.25) is 0 Å². The molecule has 166 valence electrons. The van der Waals surface area contributed by atoms with Crippen molar-refractivity contribution in [3.63, 3.8) is 0 Å². The molecule has 0 amide bonds. The average molecular weight is 437 g/mol. The van der Waals surface area contributed by atoms with Gasteiger partial charge in [0.25, 0.3) is 0 Å². The van der Waals surface area contributed by atoms with Gasteiger partial charge < -0.3 is 26.0 Å². The van der Waals surface area contributed by atoms with E-state index >= 15 is 4.39 Å². The van der Waals surface area contributed by atoms with Gasteiger partial charge >= 0.3 is 5.97 Å². The SMILES string of the molecule is NC[C@H]1CN(c2nc3c(cc2F)c(=O)c(C(=O)O)cn3C2CC2)C[C@H]1c1ccc(N)cc1. The molecule has 8 nitrogen and oxygen atoms in total. The fourth-order valence-corrected chi connectivity index (χ4v) is 4.65. The van der Waals surface area contributed by atoms with Gasteiger partial charge in [0, 0.05) is 36.9 Å². The standard InChI is InChI=1S/C23H24FN5O3/c24-19-7-16-20(30)18(23(31)32)11-29(15-5-6-15)21(16)27-22(19)28-9-13(8-25)17(10-28)12-1-3-14(26)4-2-12/h1-4,7,11,13,15,17H,5-6,8-10,25-26H2,(H,31,32)/t13-,17-/m0/s1. The van der Waals surface area contributed by atoms with Crippen LogP contribution < -0.4 is 21.8 Å². The van der Waals surface area contributed by atoms with Crippen LogP contribution in [-0.2, 0) is 0 Å². The molecule has 2 fully saturated rings. The number of carboxylic acids is 1. The molecule has 1 saturated carbocycles. The lowest BCUT2D eigenvalue weighted by molar-refractivity contribution is 0.0695. The Bertz CT molecular complexity index is 1270. The molecule has 2 atom stereocenters. The summed E-state index contributed by atoms with van der Waals surface area (Å²) in [6.45, 7) is 1.50. The van der Waals surface area contributed by atoms with Crippen LogP contribution in [0.25, 0.3) is 11.0 Å². The molecule has 0 bridgehead atoms. The molecule has 1 aliphatic heterocycles. The second-order valence-corrected chi connectivity index (χ2v) is 8.65. The van der Waals surface area contributed by atoms with Crippen LogP contribution in [0.4, 0.5) is 15.9 Å². The van der Waals surface area contributed by atoms with Crippen molar-refractivity contribution in [1.29, 1.82) is 0 Å². The van der Waals surface area contributed by atoms with Crippen molar-refractivity contribution in [2.24, 2.45) is 11.7 Å². The number of aromatic carboxylic acids is 1. The normalized spacial score (nSPS) is 20.8. The van der Waals surface area contributed by atoms with Gasteiger partial charge in [0.1, 0.15) is 11.2 Å². The van der Waals surface area contributed by atoms with E-state index in [1.165, 1.54) is 6.20 Å². The summed E-state index contributed by atoms with van der Waals surface area (Å²) in [6, 6.07) is 8.81. The smallest absolute Gasteiger partial charge is 0.341 e. The van der Waals surface area contributed by atoms with Crippen LogP contribution in [0.5, 0.6) is 0 Å². The molecule has 3 aromatic rings. The maximum atomic E-state index is 15.2. The fourth-order valence-electron chi connectivity index (χ4n) is 4.65. The topological polar surface area (TPSA) is 127 Å². The third-order valence-electron chi connectivity index (χ3n) is 6.52. The summed E-state index contributed by atoms with van der Waals surface area (Å²) in [7, 11) is 0. The molecule has 2 aromatic heterocycles. The van der Waals surface area contributed by atoms with Crippen molar-refractivity contribution in [2.45, 2.75) is 24.8 Å². The molecule has 0 radical (unpaired) electrons. The molecule has 3 heterocycles. The van der Waals surface area contributed by atoms with Gasteiger partial charge in [-0.1, -0.05) is 12.1 Å². The van der Waals surface area contributed by atoms with Gasteiger partial charge in [0.15, 0.2) is 11.6 Å². The van der Waals surface area contributed by atoms with Gasteiger partial charge in [-0.15, -0.1) is 0 Å². The molecule has 5 N–H and O–H groups in total. The summed E-state index contributed by atoms with van der Waals surface area (Å²) < 4.78 is 16.9. The second-order valence-electron chi connectivity index (χ2n) is 8.65. The minimum atomic E-state index is -1.33. The molecule has 1 saturated heterocycles. The van der Waals surface area contributed by atoms with Crippen LogP contribution in [0.15, 0.2) is 41.3 Å². The van der Waals surface area contributed by atoms with Crippen molar-refractivity contribution in [1.82, 2.24) is 9.55 Å². The predicted molar refractivity (Wildman–Crippen MR) is 120 cm³/mol. The summed E-state index contributed by atoms with van der Waals surface area (Å²) in [5.41, 5.74) is 12.8. The molecule has 2 aliphatic rings. The third kappa shape index (κ3) is 3.38. The van der Waals surface area contributed by atoms with Crippen molar-refractivity contribution >= 4 is 28.5 Å². The first kappa shape index (κ1) is 20.4. The monoisotopic (exact) mass is 437 g/mol. The predicted octanol–water partition coefficient (Wildman–Crippen LogP) is 2.33. The Morgan fingerprint density at radius 2 is 1.94 bits per heavy atom. The van der Waals surface area contributed by atoms with E-state index in [4.69, 9.17) is 11.5 Å². The summed E-state index contributed by atoms with van der Waals surface area (Å²) in [4.78, 5) is 30.6. The summed E-state index contributed by atoms with van der Waals surface area (Å²) >= 11 is 0. The highest BCUT2D eigenvalue weighted by molar-refractivity contribution is 5.92. The fraction of sp³-hybridized carbons (Fsp3) is 0.348. The Morgan fingerprint density at radius 1 is 1.22 bits per heavy atom. The Kier molecular flexibility index (Phi) is 4.85. The van der Waals surface area contributed by atoms with E-state index in [0.717, 1.165) is 24.5 Å². The van der Waals surface area contributed by atoms with Gasteiger partial charge in [-0.2, -0.15) is 0 Å². The Labute approximate surface area is 183 Å². The maximum Gasteiger partial charge on any atom is 0.341 e. The summed E-state index contributed by atoms with van der Waals surface area (Å²) in [6.07, 6.45) is 3.07. The van der Waals surface area contributed by atoms with E-state index in [-0.39, 0.29) is 34.6 Å². The van der Waals surface area contributed by atoms with E-state index in [2.05, 4.69) is 4.98 Å². The molecule has 0 spiro atoms. The number of benzene rings is 1. The van der Waals surface area contributed by atoms with E-state index in [1.807, 2.05) is 29.2 Å². The van der Waals surface area contributed by atoms with Gasteiger partial charge in [0.2, 0.25) is 5.43 Å². The number of aromatic nitrogens is 2. The molecular formula is C23H24FN5O3. The zero-order valence-electron chi connectivity index (χ0n) is 17.4. The number of anilines is 2. The molecule has 1 aliphatic carbocycles. The summed E-state index contributed by atoms with van der Waals surface area (Å²) in [5.74, 6) is -1.61. The molecule has 0 unspecified atom stereocenters. The number of nitrogens with two attached hydrogens (primary N) is 2. The molecule has 32 heavy (non-hydrogen) atoms. The van der Waals surface area contributed by atoms with Crippen molar-refractivity contribution in [3.05, 3.63) is 63.7 Å². The number of rotatable bonds is 5. The largest absolute Gasteiger partial charge is 0.477 e. The lowest BCUT2D eigenvalue weighted by Crippen LogP contribution is -2.26. The molecule has 1 aromatic carbocycles. The van der Waals surface area contributed by atoms with E-state index in [1.54, 1.807) is 4.57 Å². The number of carbonyl (C=O) groups is 1. The first-order chi connectivity index (χ1) is 15.4. The van der Waals surface area contributed by atoms with Crippen molar-refractivity contribution in [3.8, 4) is 0 Å². The van der Waals surface area contributed by atoms with Gasteiger partial charge in [-0.05, 0) is 49.1 Å². The lowest BCUT2D eigenvalue weighted by Gasteiger charge is -2.20. The first-order valence-corrected chi connectivity index (χ1v) is 10.7. The van der Waals surface area contributed by atoms with Crippen LogP contribution in [0.1, 0.15) is 40.7 Å². The van der Waals surface area contributed by atoms with Crippen LogP contribution >= 0.6 is 0 Å². The minimum Gasteiger partial charge on any atom is -0.477 e. The second kappa shape index (κ2) is 7.59. The van der Waals surface area contributed by atoms with Crippen LogP contribution in [0.3, 0.4) is 0 Å². The Balaban J connectivity index is 1.58. The van der Waals surface area contributed by atoms with E-state index in [9.17, 15) is 14.7 Å². The van der Waals surface area contributed by atoms with Gasteiger partial charge in [0.05, 0.1) is 5.39 Å². The number of hydrogen-bond donors (Lipinski definition) is 3. The Morgan fingerprint density at radius 3 is 2.56 bits per heavy atom. The van der Waals surface area contributed by atoms with Crippen LogP contribution in [-0.4, -0.2) is 40.3 Å². The van der Waals surface area contributed by atoms with Crippen molar-refractivity contribution < 1.29 is 14.3 Å². The van der Waals surface area contributed by atoms with Crippen LogP contribution in [0, 0.1) is 11.7 Å². The van der Waals surface area contributed by atoms with E-state index < -0.39 is 17.2 Å². The molecule has 5 rings (SSSR count). The number of nitrogen functional groups attached to an aromatic ring is 1. The van der Waals surface area contributed by atoms with E-state index in [0.29, 0.717) is 31.0 Å². The third-order valence-corrected chi connectivity index (χ3v) is 6.52. The number of hydrogen-bond acceptors (Lipinski definition) is 6. The number of nitrogens with zero attached hydrogens (tertiary/aromatic N) is 3. The number of pyridine rings is 2. The lowest BCUT2D eigenvalue weighted by atomic mass is 9.89. The first-order valence-electron chi connectivity index (χ1n) is 10.7. The molecule has 9 heteroatoms. The minimum absolute atomic E-state index is 0.0114. The highest BCUT2D eigenvalue weighted by atomic mass is 19.1. The zero-order valence-corrected chi connectivity index (χ0v) is 17.4. The zero-order chi connectivity index (χ0) is 22.6. The Hall–Kier alpha value is -3.46. The van der Waals surface area contributed by atoms with Gasteiger partial charge in [-0.25, -0.2) is 14.2 Å². The average Bonchev–Trinajstić information content (AvgIpc) is 3.52. The summed E-state index contributed by atoms with van der Waals surface area (Å²) in [5, 5.41) is 9.39.